The van der Waals surface area contributed by atoms with Gasteiger partial charge in [-0.2, -0.15) is 0 Å². The van der Waals surface area contributed by atoms with E-state index in [1.54, 1.807) is 5.57 Å². The summed E-state index contributed by atoms with van der Waals surface area (Å²) in [4.78, 5) is 0. The van der Waals surface area contributed by atoms with E-state index in [4.69, 9.17) is 0 Å². The van der Waals surface area contributed by atoms with Gasteiger partial charge in [-0.25, -0.2) is 0 Å². The van der Waals surface area contributed by atoms with Gasteiger partial charge in [-0.1, -0.05) is 60.1 Å². The third-order valence-corrected chi connectivity index (χ3v) is 13.4. The van der Waals surface area contributed by atoms with E-state index in [0.717, 1.165) is 12.8 Å². The fourth-order valence-corrected chi connectivity index (χ4v) is 11.0. The van der Waals surface area contributed by atoms with E-state index < -0.39 is 0 Å². The number of allylic oxidation sites excluding steroid dienone is 2. The summed E-state index contributed by atoms with van der Waals surface area (Å²) in [5.74, 6) is 1.99. The molecule has 5 aliphatic rings. The van der Waals surface area contributed by atoms with Crippen molar-refractivity contribution in [2.75, 3.05) is 6.61 Å². The van der Waals surface area contributed by atoms with Crippen LogP contribution in [0, 0.1) is 50.2 Å². The standard InChI is InChI=1S/C31H52O2/c1-26(2)14-16-31(18-19-32)17-15-29(6)21(22(31)20-26)8-9-24-28(5)12-11-25(33)27(3,4)23(28)10-13-30(24,29)7/h8,22-25,32-33H,9-20H2,1-7H3/t22-,23-,24+,25-,28-,29+,30+,31+/m0/s1. The SMILES string of the molecule is CC1(C)CC[C@]2(CCO)CC[C@]3(C)C(=CC[C@@H]4[C@@]5(C)CC[C@H](O)C(C)(C)[C@@H]5CC[C@]43C)[C@@H]2C1. The number of rotatable bonds is 2. The summed E-state index contributed by atoms with van der Waals surface area (Å²) in [7, 11) is 0. The van der Waals surface area contributed by atoms with Gasteiger partial charge in [0.1, 0.15) is 0 Å². The van der Waals surface area contributed by atoms with Crippen molar-refractivity contribution in [3.8, 4) is 0 Å². The number of aliphatic hydroxyl groups is 2. The van der Waals surface area contributed by atoms with Crippen molar-refractivity contribution >= 4 is 0 Å². The van der Waals surface area contributed by atoms with E-state index in [2.05, 4.69) is 54.5 Å². The molecule has 0 aliphatic heterocycles. The summed E-state index contributed by atoms with van der Waals surface area (Å²) in [5.41, 5.74) is 3.51. The van der Waals surface area contributed by atoms with Gasteiger partial charge in [-0.3, -0.25) is 0 Å². The predicted octanol–water partition coefficient (Wildman–Crippen LogP) is 7.53. The van der Waals surface area contributed by atoms with Gasteiger partial charge >= 0.3 is 0 Å². The van der Waals surface area contributed by atoms with E-state index in [1.165, 1.54) is 57.8 Å². The molecule has 0 aromatic heterocycles. The average molecular weight is 457 g/mol. The number of hydrogen-bond donors (Lipinski definition) is 2. The van der Waals surface area contributed by atoms with Gasteiger partial charge in [0.05, 0.1) is 6.10 Å². The maximum absolute atomic E-state index is 10.9. The van der Waals surface area contributed by atoms with Crippen molar-refractivity contribution in [1.29, 1.82) is 0 Å². The lowest BCUT2D eigenvalue weighted by Gasteiger charge is -2.71. The van der Waals surface area contributed by atoms with Crippen LogP contribution in [0.4, 0.5) is 0 Å². The Kier molecular flexibility index (Phi) is 5.42. The van der Waals surface area contributed by atoms with Crippen LogP contribution in [0.1, 0.15) is 119 Å². The molecule has 2 nitrogen and oxygen atoms in total. The molecule has 0 bridgehead atoms. The highest BCUT2D eigenvalue weighted by Gasteiger charge is 2.68. The molecule has 0 saturated heterocycles. The highest BCUT2D eigenvalue weighted by Crippen LogP contribution is 2.76. The Morgan fingerprint density at radius 3 is 2.24 bits per heavy atom. The van der Waals surface area contributed by atoms with Gasteiger partial charge in [0.15, 0.2) is 0 Å². The summed E-state index contributed by atoms with van der Waals surface area (Å²) in [5, 5.41) is 21.0. The molecular weight excluding hydrogens is 404 g/mol. The molecule has 0 aromatic carbocycles. The molecule has 0 heterocycles. The predicted molar refractivity (Wildman–Crippen MR) is 137 cm³/mol. The number of fused-ring (bicyclic) bond motifs is 7. The minimum absolute atomic E-state index is 0.0233. The summed E-state index contributed by atoms with van der Waals surface area (Å²) in [6.45, 7) is 18.0. The molecule has 2 heteroatoms. The molecule has 0 aromatic rings. The maximum atomic E-state index is 10.9. The molecule has 5 aliphatic carbocycles. The van der Waals surface area contributed by atoms with Gasteiger partial charge in [0.25, 0.3) is 0 Å². The molecule has 8 atom stereocenters. The van der Waals surface area contributed by atoms with Crippen molar-refractivity contribution in [3.05, 3.63) is 11.6 Å². The molecule has 5 rings (SSSR count). The Hall–Kier alpha value is -0.340. The Labute approximate surface area is 204 Å². The van der Waals surface area contributed by atoms with Crippen LogP contribution in [0.2, 0.25) is 0 Å². The van der Waals surface area contributed by atoms with Crippen LogP contribution in [-0.4, -0.2) is 22.9 Å². The summed E-state index contributed by atoms with van der Waals surface area (Å²) in [6.07, 6.45) is 16.1. The van der Waals surface area contributed by atoms with Crippen LogP contribution in [0.15, 0.2) is 11.6 Å². The quantitative estimate of drug-likeness (QED) is 0.422. The Morgan fingerprint density at radius 2 is 1.55 bits per heavy atom. The summed E-state index contributed by atoms with van der Waals surface area (Å²) >= 11 is 0. The van der Waals surface area contributed by atoms with Crippen molar-refractivity contribution in [3.63, 3.8) is 0 Å². The zero-order chi connectivity index (χ0) is 24.1. The third-order valence-electron chi connectivity index (χ3n) is 13.4. The maximum Gasteiger partial charge on any atom is 0.0594 e. The van der Waals surface area contributed by atoms with Crippen molar-refractivity contribution in [1.82, 2.24) is 0 Å². The topological polar surface area (TPSA) is 40.5 Å². The average Bonchev–Trinajstić information content (AvgIpc) is 2.72. The first-order valence-electron chi connectivity index (χ1n) is 14.3. The largest absolute Gasteiger partial charge is 0.396 e. The van der Waals surface area contributed by atoms with Gasteiger partial charge < -0.3 is 10.2 Å². The molecule has 4 saturated carbocycles. The molecule has 0 unspecified atom stereocenters. The fourth-order valence-electron chi connectivity index (χ4n) is 11.0. The van der Waals surface area contributed by atoms with Crippen molar-refractivity contribution in [2.45, 2.75) is 125 Å². The Bertz CT molecular complexity index is 825. The second-order valence-electron chi connectivity index (χ2n) is 15.4. The lowest BCUT2D eigenvalue weighted by molar-refractivity contribution is -0.203. The van der Waals surface area contributed by atoms with E-state index in [1.807, 2.05) is 0 Å². The molecule has 2 N–H and O–H groups in total. The van der Waals surface area contributed by atoms with Gasteiger partial charge in [-0.05, 0) is 121 Å². The van der Waals surface area contributed by atoms with Crippen LogP contribution >= 0.6 is 0 Å². The zero-order valence-corrected chi connectivity index (χ0v) is 22.8. The monoisotopic (exact) mass is 456 g/mol. The molecule has 188 valence electrons. The Balaban J connectivity index is 1.57. The first kappa shape index (κ1) is 24.4. The first-order chi connectivity index (χ1) is 15.3. The van der Waals surface area contributed by atoms with Crippen LogP contribution in [0.25, 0.3) is 0 Å². The lowest BCUT2D eigenvalue weighted by Crippen LogP contribution is -2.64. The Morgan fingerprint density at radius 1 is 0.848 bits per heavy atom. The second kappa shape index (κ2) is 7.34. The molecular formula is C31H52O2. The molecule has 33 heavy (non-hydrogen) atoms. The molecule has 0 amide bonds. The van der Waals surface area contributed by atoms with Gasteiger partial charge in [-0.15, -0.1) is 0 Å². The van der Waals surface area contributed by atoms with Crippen molar-refractivity contribution in [2.24, 2.45) is 50.2 Å². The minimum atomic E-state index is -0.150. The number of aliphatic hydroxyl groups excluding tert-OH is 2. The third kappa shape index (κ3) is 3.11. The summed E-state index contributed by atoms with van der Waals surface area (Å²) in [6, 6.07) is 0. The van der Waals surface area contributed by atoms with Crippen LogP contribution in [-0.2, 0) is 0 Å². The molecule has 0 spiro atoms. The van der Waals surface area contributed by atoms with E-state index >= 15 is 0 Å². The van der Waals surface area contributed by atoms with E-state index in [-0.39, 0.29) is 16.9 Å². The smallest absolute Gasteiger partial charge is 0.0594 e. The fraction of sp³-hybridized carbons (Fsp3) is 0.935. The molecule has 0 radical (unpaired) electrons. The normalized spacial score (nSPS) is 52.6. The second-order valence-corrected chi connectivity index (χ2v) is 15.4. The minimum Gasteiger partial charge on any atom is -0.396 e. The van der Waals surface area contributed by atoms with Crippen LogP contribution in [0.5, 0.6) is 0 Å². The van der Waals surface area contributed by atoms with E-state index in [0.29, 0.717) is 46.0 Å². The zero-order valence-electron chi connectivity index (χ0n) is 22.8. The van der Waals surface area contributed by atoms with Gasteiger partial charge in [0.2, 0.25) is 0 Å². The lowest BCUT2D eigenvalue weighted by atomic mass is 9.33. The number of hydrogen-bond acceptors (Lipinski definition) is 2. The highest BCUT2D eigenvalue weighted by atomic mass is 16.3. The van der Waals surface area contributed by atoms with Crippen LogP contribution < -0.4 is 0 Å². The van der Waals surface area contributed by atoms with E-state index in [9.17, 15) is 10.2 Å². The molecule has 4 fully saturated rings. The van der Waals surface area contributed by atoms with Gasteiger partial charge in [0, 0.05) is 6.61 Å². The van der Waals surface area contributed by atoms with Crippen LogP contribution in [0.3, 0.4) is 0 Å². The van der Waals surface area contributed by atoms with Crippen molar-refractivity contribution < 1.29 is 10.2 Å². The highest BCUT2D eigenvalue weighted by molar-refractivity contribution is 5.33. The summed E-state index contributed by atoms with van der Waals surface area (Å²) < 4.78 is 0. The first-order valence-corrected chi connectivity index (χ1v) is 14.3.